The minimum absolute atomic E-state index is 0.111. The molecule has 11 heteroatoms. The van der Waals surface area contributed by atoms with Gasteiger partial charge in [0.1, 0.15) is 6.29 Å². The zero-order chi connectivity index (χ0) is 15.4. The summed E-state index contributed by atoms with van der Waals surface area (Å²) in [6, 6.07) is 7.16. The summed E-state index contributed by atoms with van der Waals surface area (Å²) < 4.78 is 34.8. The molecule has 0 aromatic heterocycles. The van der Waals surface area contributed by atoms with Crippen molar-refractivity contribution in [2.45, 2.75) is 4.90 Å². The van der Waals surface area contributed by atoms with Gasteiger partial charge in [-0.15, -0.1) is 4.83 Å². The second kappa shape index (κ2) is 6.44. The van der Waals surface area contributed by atoms with E-state index in [0.29, 0.717) is 5.01 Å². The smallest absolute Gasteiger partial charge is 0.340 e. The van der Waals surface area contributed by atoms with Crippen LogP contribution in [0.5, 0.6) is 0 Å². The van der Waals surface area contributed by atoms with Crippen LogP contribution in [0.3, 0.4) is 0 Å². The normalized spacial score (nSPS) is 12.6. The topological polar surface area (TPSA) is 150 Å². The molecule has 20 heavy (non-hydrogen) atoms. The molecule has 1 rings (SSSR count). The van der Waals surface area contributed by atoms with Gasteiger partial charge < -0.3 is 15.5 Å². The SMILES string of the molecule is NC(=O)CN(CP(=O)(O)O)NS(=O)(=O)c1ccccc1. The predicted molar refractivity (Wildman–Crippen MR) is 69.6 cm³/mol. The Hall–Kier alpha value is -1.29. The fourth-order valence-electron chi connectivity index (χ4n) is 1.34. The molecule has 0 radical (unpaired) electrons. The standard InChI is InChI=1S/C9H14N3O6PS/c10-9(13)6-12(7-19(14,15)16)11-20(17,18)8-4-2-1-3-5-8/h1-5,11H,6-7H2,(H2,10,13)(H2,14,15,16). The zero-order valence-corrected chi connectivity index (χ0v) is 11.9. The van der Waals surface area contributed by atoms with E-state index in [1.54, 1.807) is 6.07 Å². The van der Waals surface area contributed by atoms with E-state index in [4.69, 9.17) is 15.5 Å². The van der Waals surface area contributed by atoms with Crippen LogP contribution in [0.15, 0.2) is 35.2 Å². The number of carbonyl (C=O) groups excluding carboxylic acids is 1. The van der Waals surface area contributed by atoms with Crippen LogP contribution in [-0.4, -0.2) is 42.0 Å². The number of nitrogens with one attached hydrogen (secondary N) is 1. The Labute approximate surface area is 115 Å². The van der Waals surface area contributed by atoms with Gasteiger partial charge >= 0.3 is 7.60 Å². The molecule has 112 valence electrons. The molecule has 0 spiro atoms. The third kappa shape index (κ3) is 5.78. The molecule has 0 atom stereocenters. The maximum Gasteiger partial charge on any atom is 0.340 e. The summed E-state index contributed by atoms with van der Waals surface area (Å²) >= 11 is 0. The van der Waals surface area contributed by atoms with Crippen LogP contribution in [0.1, 0.15) is 0 Å². The van der Waals surface area contributed by atoms with Crippen molar-refractivity contribution in [2.24, 2.45) is 5.73 Å². The number of sulfonamides is 1. The largest absolute Gasteiger partial charge is 0.369 e. The van der Waals surface area contributed by atoms with Crippen LogP contribution in [0, 0.1) is 0 Å². The third-order valence-corrected chi connectivity index (χ3v) is 4.11. The van der Waals surface area contributed by atoms with Gasteiger partial charge in [-0.3, -0.25) is 9.36 Å². The zero-order valence-electron chi connectivity index (χ0n) is 10.2. The highest BCUT2D eigenvalue weighted by Crippen LogP contribution is 2.34. The molecular formula is C9H14N3O6PS. The van der Waals surface area contributed by atoms with Crippen molar-refractivity contribution in [3.63, 3.8) is 0 Å². The van der Waals surface area contributed by atoms with Crippen molar-refractivity contribution in [1.82, 2.24) is 9.84 Å². The highest BCUT2D eigenvalue weighted by atomic mass is 32.2. The first-order chi connectivity index (χ1) is 9.10. The Morgan fingerprint density at radius 3 is 2.30 bits per heavy atom. The van der Waals surface area contributed by atoms with Crippen molar-refractivity contribution in [3.8, 4) is 0 Å². The summed E-state index contributed by atoms with van der Waals surface area (Å²) in [6.45, 7) is -0.669. The molecule has 1 aromatic carbocycles. The van der Waals surface area contributed by atoms with Crippen LogP contribution in [-0.2, 0) is 19.4 Å². The van der Waals surface area contributed by atoms with Crippen molar-refractivity contribution in [1.29, 1.82) is 0 Å². The summed E-state index contributed by atoms with van der Waals surface area (Å²) in [7, 11) is -8.62. The van der Waals surface area contributed by atoms with Gasteiger partial charge in [-0.1, -0.05) is 18.2 Å². The second-order valence-electron chi connectivity index (χ2n) is 3.88. The molecular weight excluding hydrogens is 309 g/mol. The Morgan fingerprint density at radius 2 is 1.85 bits per heavy atom. The van der Waals surface area contributed by atoms with Crippen LogP contribution in [0.25, 0.3) is 0 Å². The lowest BCUT2D eigenvalue weighted by molar-refractivity contribution is -0.119. The molecule has 0 aliphatic heterocycles. The Bertz CT molecular complexity index is 614. The number of hydrogen-bond acceptors (Lipinski definition) is 5. The molecule has 0 aliphatic carbocycles. The third-order valence-electron chi connectivity index (χ3n) is 2.00. The van der Waals surface area contributed by atoms with Gasteiger partial charge in [0.25, 0.3) is 10.0 Å². The quantitative estimate of drug-likeness (QED) is 0.363. The number of primary amides is 1. The van der Waals surface area contributed by atoms with E-state index in [0.717, 1.165) is 0 Å². The van der Waals surface area contributed by atoms with Crippen molar-refractivity contribution in [3.05, 3.63) is 30.3 Å². The molecule has 0 bridgehead atoms. The highest BCUT2D eigenvalue weighted by Gasteiger charge is 2.25. The predicted octanol–water partition coefficient (Wildman–Crippen LogP) is -1.20. The van der Waals surface area contributed by atoms with Crippen molar-refractivity contribution < 1.29 is 27.6 Å². The lowest BCUT2D eigenvalue weighted by Gasteiger charge is -2.21. The van der Waals surface area contributed by atoms with Gasteiger partial charge in [0.2, 0.25) is 5.91 Å². The van der Waals surface area contributed by atoms with Gasteiger partial charge in [0.15, 0.2) is 0 Å². The van der Waals surface area contributed by atoms with Gasteiger partial charge in [-0.2, -0.15) is 0 Å². The molecule has 5 N–H and O–H groups in total. The number of carbonyl (C=O) groups is 1. The number of hydrazine groups is 1. The molecule has 9 nitrogen and oxygen atoms in total. The van der Waals surface area contributed by atoms with Gasteiger partial charge in [0, 0.05) is 0 Å². The average Bonchev–Trinajstić information content (AvgIpc) is 2.26. The molecule has 0 heterocycles. The van der Waals surface area contributed by atoms with Gasteiger partial charge in [-0.05, 0) is 12.1 Å². The molecule has 0 fully saturated rings. The van der Waals surface area contributed by atoms with Crippen LogP contribution >= 0.6 is 7.60 Å². The molecule has 0 aliphatic rings. The van der Waals surface area contributed by atoms with E-state index >= 15 is 0 Å². The van der Waals surface area contributed by atoms with Crippen LogP contribution in [0.4, 0.5) is 0 Å². The minimum Gasteiger partial charge on any atom is -0.369 e. The summed E-state index contributed by atoms with van der Waals surface area (Å²) in [6.07, 6.45) is -0.970. The molecule has 0 saturated carbocycles. The van der Waals surface area contributed by atoms with Gasteiger partial charge in [0.05, 0.1) is 11.4 Å². The fraction of sp³-hybridized carbons (Fsp3) is 0.222. The Morgan fingerprint density at radius 1 is 1.30 bits per heavy atom. The molecule has 1 amide bonds. The average molecular weight is 323 g/mol. The monoisotopic (exact) mass is 323 g/mol. The van der Waals surface area contributed by atoms with E-state index in [1.807, 2.05) is 4.83 Å². The maximum atomic E-state index is 12.0. The number of rotatable bonds is 7. The first-order valence-electron chi connectivity index (χ1n) is 5.25. The molecule has 0 unspecified atom stereocenters. The van der Waals surface area contributed by atoms with E-state index in [1.165, 1.54) is 24.3 Å². The summed E-state index contributed by atoms with van der Waals surface area (Å²) in [5.74, 6) is -0.936. The lowest BCUT2D eigenvalue weighted by Crippen LogP contribution is -2.46. The summed E-state index contributed by atoms with van der Waals surface area (Å²) in [5.41, 5.74) is 4.90. The first-order valence-corrected chi connectivity index (χ1v) is 8.53. The van der Waals surface area contributed by atoms with Crippen LogP contribution < -0.4 is 10.6 Å². The maximum absolute atomic E-state index is 12.0. The van der Waals surface area contributed by atoms with E-state index < -0.39 is 36.4 Å². The second-order valence-corrected chi connectivity index (χ2v) is 7.15. The van der Waals surface area contributed by atoms with Crippen molar-refractivity contribution >= 4 is 23.5 Å². The fourth-order valence-corrected chi connectivity index (χ4v) is 3.14. The van der Waals surface area contributed by atoms with E-state index in [2.05, 4.69) is 0 Å². The molecule has 1 aromatic rings. The minimum atomic E-state index is -4.56. The number of benzene rings is 1. The van der Waals surface area contributed by atoms with E-state index in [-0.39, 0.29) is 4.90 Å². The van der Waals surface area contributed by atoms with Crippen LogP contribution in [0.2, 0.25) is 0 Å². The number of amides is 1. The summed E-state index contributed by atoms with van der Waals surface area (Å²) in [4.78, 5) is 30.3. The first kappa shape index (κ1) is 16.8. The van der Waals surface area contributed by atoms with Gasteiger partial charge in [-0.25, -0.2) is 13.4 Å². The lowest BCUT2D eigenvalue weighted by atomic mass is 10.4. The molecule has 0 saturated heterocycles. The summed E-state index contributed by atoms with van der Waals surface area (Å²) in [5, 5.41) is 0.561. The number of nitrogens with two attached hydrogens (primary N) is 1. The Kier molecular flexibility index (Phi) is 5.40. The number of nitrogens with zero attached hydrogens (tertiary/aromatic N) is 1. The van der Waals surface area contributed by atoms with Crippen molar-refractivity contribution in [2.75, 3.05) is 12.8 Å². The van der Waals surface area contributed by atoms with E-state index in [9.17, 15) is 17.8 Å². The highest BCUT2D eigenvalue weighted by molar-refractivity contribution is 7.89. The number of hydrogen-bond donors (Lipinski definition) is 4. The Balaban J connectivity index is 2.94.